The summed E-state index contributed by atoms with van der Waals surface area (Å²) in [5.41, 5.74) is 0. The van der Waals surface area contributed by atoms with Gasteiger partial charge in [0.1, 0.15) is 10.1 Å². The number of benzene rings is 2. The molecule has 5 nitrogen and oxygen atoms in total. The third kappa shape index (κ3) is 2.72. The van der Waals surface area contributed by atoms with Crippen molar-refractivity contribution in [3.8, 4) is 11.5 Å². The van der Waals surface area contributed by atoms with Gasteiger partial charge in [0, 0.05) is 5.39 Å². The Bertz CT molecular complexity index is 666. The van der Waals surface area contributed by atoms with E-state index in [9.17, 15) is 23.2 Å². The molecule has 0 aliphatic heterocycles. The molecule has 0 spiro atoms. The summed E-state index contributed by atoms with van der Waals surface area (Å²) in [4.78, 5) is -0.416. The zero-order valence-corrected chi connectivity index (χ0v) is 11.7. The Morgan fingerprint density at radius 1 is 1.06 bits per heavy atom. The molecule has 0 aromatic heterocycles. The van der Waals surface area contributed by atoms with Crippen LogP contribution in [0.2, 0.25) is 0 Å². The molecule has 0 atom stereocenters. The summed E-state index contributed by atoms with van der Waals surface area (Å²) < 4.78 is 32.8. The third-order valence-electron chi connectivity index (χ3n) is 2.20. The van der Waals surface area contributed by atoms with E-state index in [2.05, 4.69) is 0 Å². The average molecular weight is 262 g/mol. The molecule has 17 heavy (non-hydrogen) atoms. The Morgan fingerprint density at radius 3 is 2.24 bits per heavy atom. The maximum atomic E-state index is 10.9. The van der Waals surface area contributed by atoms with Gasteiger partial charge in [-0.15, -0.1) is 0 Å². The van der Waals surface area contributed by atoms with E-state index in [1.165, 1.54) is 18.2 Å². The Kier molecular flexibility index (Phi) is 4.06. The first-order chi connectivity index (χ1) is 7.39. The molecular weight excluding hydrogens is 255 g/mol. The van der Waals surface area contributed by atoms with Crippen LogP contribution in [-0.2, 0) is 10.1 Å². The van der Waals surface area contributed by atoms with E-state index in [0.717, 1.165) is 12.1 Å². The zero-order chi connectivity index (χ0) is 11.9. The van der Waals surface area contributed by atoms with E-state index < -0.39 is 20.8 Å². The van der Waals surface area contributed by atoms with Crippen molar-refractivity contribution >= 4 is 20.9 Å². The summed E-state index contributed by atoms with van der Waals surface area (Å²) in [6, 6.07) is 6.32. The molecule has 0 heterocycles. The van der Waals surface area contributed by atoms with Gasteiger partial charge in [0.2, 0.25) is 0 Å². The summed E-state index contributed by atoms with van der Waals surface area (Å²) in [6.45, 7) is 0. The predicted molar refractivity (Wildman–Crippen MR) is 55.2 cm³/mol. The smallest absolute Gasteiger partial charge is 0.744 e. The van der Waals surface area contributed by atoms with Crippen molar-refractivity contribution in [2.24, 2.45) is 0 Å². The quantitative estimate of drug-likeness (QED) is 0.357. The Morgan fingerprint density at radius 2 is 1.65 bits per heavy atom. The van der Waals surface area contributed by atoms with Crippen LogP contribution in [0.1, 0.15) is 0 Å². The summed E-state index contributed by atoms with van der Waals surface area (Å²) in [5.74, 6) is -0.837. The fraction of sp³-hybridized carbons (Fsp3) is 0. The van der Waals surface area contributed by atoms with Crippen molar-refractivity contribution in [3.63, 3.8) is 0 Å². The molecule has 2 N–H and O–H groups in total. The second-order valence-corrected chi connectivity index (χ2v) is 4.62. The van der Waals surface area contributed by atoms with Crippen LogP contribution in [0.3, 0.4) is 0 Å². The molecule has 7 heteroatoms. The van der Waals surface area contributed by atoms with Crippen molar-refractivity contribution in [1.29, 1.82) is 0 Å². The first kappa shape index (κ1) is 14.3. The van der Waals surface area contributed by atoms with Gasteiger partial charge < -0.3 is 14.8 Å². The first-order valence-corrected chi connectivity index (χ1v) is 5.71. The van der Waals surface area contributed by atoms with Crippen LogP contribution in [0, 0.1) is 0 Å². The zero-order valence-electron chi connectivity index (χ0n) is 8.91. The number of phenols is 2. The summed E-state index contributed by atoms with van der Waals surface area (Å²) in [5, 5.41) is 19.0. The van der Waals surface area contributed by atoms with Crippen LogP contribution in [0.25, 0.3) is 10.8 Å². The van der Waals surface area contributed by atoms with Crippen molar-refractivity contribution in [1.82, 2.24) is 0 Å². The normalized spacial score (nSPS) is 11.1. The van der Waals surface area contributed by atoms with Gasteiger partial charge in [-0.3, -0.25) is 0 Å². The maximum Gasteiger partial charge on any atom is 1.00 e. The Labute approximate surface area is 120 Å². The number of hydrogen-bond acceptors (Lipinski definition) is 5. The molecule has 0 aliphatic rings. The molecule has 0 bridgehead atoms. The molecule has 0 saturated carbocycles. The Hall–Kier alpha value is -0.790. The van der Waals surface area contributed by atoms with Crippen molar-refractivity contribution < 1.29 is 52.7 Å². The monoisotopic (exact) mass is 262 g/mol. The molecule has 0 fully saturated rings. The van der Waals surface area contributed by atoms with Crippen LogP contribution < -0.4 is 29.6 Å². The van der Waals surface area contributed by atoms with Crippen LogP contribution in [-0.4, -0.2) is 23.2 Å². The maximum absolute atomic E-state index is 10.9. The number of phenolic OH excluding ortho intramolecular Hbond substituents is 2. The van der Waals surface area contributed by atoms with Gasteiger partial charge in [0.15, 0.2) is 11.5 Å². The van der Waals surface area contributed by atoms with E-state index in [4.69, 9.17) is 0 Å². The molecule has 0 saturated heterocycles. The standard InChI is InChI=1S/C10H8O5S.Na/c11-8-4-6-2-1-3-10(16(13,14)15)7(6)5-9(8)12;/h1-5,11-12H,(H,13,14,15);/q;+1/p-1. The number of hydrogen-bond donors (Lipinski definition) is 2. The van der Waals surface area contributed by atoms with Crippen molar-refractivity contribution in [2.45, 2.75) is 4.90 Å². The van der Waals surface area contributed by atoms with Gasteiger partial charge in [-0.05, 0) is 23.6 Å². The van der Waals surface area contributed by atoms with E-state index in [1.807, 2.05) is 0 Å². The van der Waals surface area contributed by atoms with E-state index in [0.29, 0.717) is 5.39 Å². The molecule has 0 radical (unpaired) electrons. The van der Waals surface area contributed by atoms with E-state index in [1.54, 1.807) is 0 Å². The molecule has 0 unspecified atom stereocenters. The topological polar surface area (TPSA) is 97.7 Å². The van der Waals surface area contributed by atoms with Gasteiger partial charge in [-0.2, -0.15) is 0 Å². The van der Waals surface area contributed by atoms with E-state index in [-0.39, 0.29) is 40.7 Å². The largest absolute Gasteiger partial charge is 1.00 e. The van der Waals surface area contributed by atoms with E-state index >= 15 is 0 Å². The minimum atomic E-state index is -4.60. The van der Waals surface area contributed by atoms with Crippen molar-refractivity contribution in [3.05, 3.63) is 30.3 Å². The summed E-state index contributed by atoms with van der Waals surface area (Å²) >= 11 is 0. The molecule has 2 aromatic carbocycles. The molecule has 2 aromatic rings. The predicted octanol–water partition coefficient (Wildman–Crippen LogP) is -1.84. The van der Waals surface area contributed by atoms with Gasteiger partial charge in [-0.25, -0.2) is 8.42 Å². The second kappa shape index (κ2) is 4.83. The van der Waals surface area contributed by atoms with Gasteiger partial charge in [0.25, 0.3) is 0 Å². The second-order valence-electron chi connectivity index (χ2n) is 3.27. The first-order valence-electron chi connectivity index (χ1n) is 4.30. The van der Waals surface area contributed by atoms with Crippen molar-refractivity contribution in [2.75, 3.05) is 0 Å². The minimum absolute atomic E-state index is 0. The van der Waals surface area contributed by atoms with Crippen LogP contribution in [0.4, 0.5) is 0 Å². The minimum Gasteiger partial charge on any atom is -0.744 e. The number of fused-ring (bicyclic) bond motifs is 1. The molecule has 84 valence electrons. The third-order valence-corrected chi connectivity index (χ3v) is 3.10. The van der Waals surface area contributed by atoms with Crippen LogP contribution in [0.15, 0.2) is 35.2 Å². The average Bonchev–Trinajstić information content (AvgIpc) is 2.17. The summed E-state index contributed by atoms with van der Waals surface area (Å²) in [6.07, 6.45) is 0. The van der Waals surface area contributed by atoms with Gasteiger partial charge in [0.05, 0.1) is 4.90 Å². The van der Waals surface area contributed by atoms with Crippen LogP contribution >= 0.6 is 0 Å². The molecule has 0 aliphatic carbocycles. The Balaban J connectivity index is 0.00000144. The van der Waals surface area contributed by atoms with Gasteiger partial charge in [-0.1, -0.05) is 12.1 Å². The fourth-order valence-electron chi connectivity index (χ4n) is 1.49. The SMILES string of the molecule is O=S(=O)([O-])c1cccc2cc(O)c(O)cc12.[Na+]. The number of rotatable bonds is 1. The van der Waals surface area contributed by atoms with Gasteiger partial charge >= 0.3 is 29.6 Å². The summed E-state index contributed by atoms with van der Waals surface area (Å²) in [7, 11) is -4.60. The molecular formula is C10H7NaO5S. The molecule has 2 rings (SSSR count). The molecule has 0 amide bonds. The fourth-order valence-corrected chi connectivity index (χ4v) is 2.18. The number of aromatic hydroxyl groups is 2. The van der Waals surface area contributed by atoms with Crippen LogP contribution in [0.5, 0.6) is 11.5 Å².